The van der Waals surface area contributed by atoms with Crippen LogP contribution in [0.15, 0.2) is 47.4 Å². The van der Waals surface area contributed by atoms with Gasteiger partial charge in [-0.2, -0.15) is 5.10 Å². The quantitative estimate of drug-likeness (QED) is 0.718. The van der Waals surface area contributed by atoms with Crippen LogP contribution >= 0.6 is 0 Å². The highest BCUT2D eigenvalue weighted by Gasteiger charge is 2.23. The van der Waals surface area contributed by atoms with E-state index in [0.29, 0.717) is 25.3 Å². The summed E-state index contributed by atoms with van der Waals surface area (Å²) in [4.78, 5) is 31.9. The maximum absolute atomic E-state index is 12.8. The van der Waals surface area contributed by atoms with Crippen molar-refractivity contribution < 1.29 is 9.53 Å². The van der Waals surface area contributed by atoms with Crippen molar-refractivity contribution in [3.8, 4) is 5.75 Å². The molecule has 0 radical (unpaired) electrons. The first-order valence-corrected chi connectivity index (χ1v) is 9.34. The molecule has 0 unspecified atom stereocenters. The van der Waals surface area contributed by atoms with Gasteiger partial charge in [0.05, 0.1) is 13.7 Å². The van der Waals surface area contributed by atoms with Gasteiger partial charge in [0.15, 0.2) is 0 Å². The number of H-pyrrole nitrogens is 1. The fourth-order valence-electron chi connectivity index (χ4n) is 3.48. The minimum Gasteiger partial charge on any atom is -0.497 e. The molecule has 1 fully saturated rings. The normalized spacial score (nSPS) is 15.1. The first-order valence-electron chi connectivity index (χ1n) is 9.34. The standard InChI is InChI=1S/C20H23N5O3/c1-28-16-5-4-15-13-18(22-17(15)14-16)20(27)24-10-7-23(8-11-24)9-12-25-19(26)3-2-6-21-25/h2-6,13-14,22H,7-12H2,1H3. The largest absolute Gasteiger partial charge is 0.497 e. The minimum atomic E-state index is -0.0910. The van der Waals surface area contributed by atoms with Gasteiger partial charge >= 0.3 is 0 Å². The topological polar surface area (TPSA) is 83.5 Å². The van der Waals surface area contributed by atoms with E-state index in [-0.39, 0.29) is 11.5 Å². The zero-order valence-corrected chi connectivity index (χ0v) is 15.8. The fourth-order valence-corrected chi connectivity index (χ4v) is 3.48. The summed E-state index contributed by atoms with van der Waals surface area (Å²) in [7, 11) is 1.62. The molecule has 8 heteroatoms. The molecule has 8 nitrogen and oxygen atoms in total. The summed E-state index contributed by atoms with van der Waals surface area (Å²) in [5, 5.41) is 5.07. The molecule has 0 bridgehead atoms. The summed E-state index contributed by atoms with van der Waals surface area (Å²) in [6.07, 6.45) is 1.62. The molecule has 3 heterocycles. The number of piperazine rings is 1. The molecular weight excluding hydrogens is 358 g/mol. The predicted octanol–water partition coefficient (Wildman–Crippen LogP) is 1.19. The third-order valence-corrected chi connectivity index (χ3v) is 5.13. The zero-order chi connectivity index (χ0) is 19.5. The lowest BCUT2D eigenvalue weighted by molar-refractivity contribution is 0.0626. The maximum Gasteiger partial charge on any atom is 0.270 e. The lowest BCUT2D eigenvalue weighted by atomic mass is 10.2. The van der Waals surface area contributed by atoms with Gasteiger partial charge in [0.2, 0.25) is 0 Å². The summed E-state index contributed by atoms with van der Waals surface area (Å²) in [6, 6.07) is 10.8. The van der Waals surface area contributed by atoms with E-state index in [1.165, 1.54) is 10.7 Å². The average molecular weight is 381 g/mol. The van der Waals surface area contributed by atoms with E-state index in [1.807, 2.05) is 29.2 Å². The Balaban J connectivity index is 1.35. The molecule has 1 amide bonds. The summed E-state index contributed by atoms with van der Waals surface area (Å²) >= 11 is 0. The Morgan fingerprint density at radius 3 is 2.71 bits per heavy atom. The number of methoxy groups -OCH3 is 1. The number of ether oxygens (including phenoxy) is 1. The molecule has 1 aliphatic rings. The molecule has 1 N–H and O–H groups in total. The summed E-state index contributed by atoms with van der Waals surface area (Å²) in [6.45, 7) is 4.18. The van der Waals surface area contributed by atoms with Crippen LogP contribution < -0.4 is 10.3 Å². The van der Waals surface area contributed by atoms with E-state index < -0.39 is 0 Å². The van der Waals surface area contributed by atoms with Crippen LogP contribution in [0.5, 0.6) is 5.75 Å². The predicted molar refractivity (Wildman–Crippen MR) is 106 cm³/mol. The number of carbonyl (C=O) groups is 1. The number of nitrogens with zero attached hydrogens (tertiary/aromatic N) is 4. The van der Waals surface area contributed by atoms with E-state index in [2.05, 4.69) is 15.0 Å². The van der Waals surface area contributed by atoms with Gasteiger partial charge < -0.3 is 14.6 Å². The number of aromatic nitrogens is 3. The van der Waals surface area contributed by atoms with Crippen LogP contribution in [-0.4, -0.2) is 70.3 Å². The maximum atomic E-state index is 12.8. The van der Waals surface area contributed by atoms with Crippen LogP contribution in [0.4, 0.5) is 0 Å². The van der Waals surface area contributed by atoms with Gasteiger partial charge in [-0.25, -0.2) is 4.68 Å². The average Bonchev–Trinajstić information content (AvgIpc) is 3.16. The van der Waals surface area contributed by atoms with Crippen molar-refractivity contribution in [2.45, 2.75) is 6.54 Å². The second-order valence-corrected chi connectivity index (χ2v) is 6.86. The smallest absolute Gasteiger partial charge is 0.270 e. The van der Waals surface area contributed by atoms with Crippen LogP contribution in [0.3, 0.4) is 0 Å². The van der Waals surface area contributed by atoms with Crippen LogP contribution in [0.1, 0.15) is 10.5 Å². The summed E-state index contributed by atoms with van der Waals surface area (Å²) < 4.78 is 6.70. The Bertz CT molecular complexity index is 1030. The second kappa shape index (κ2) is 7.85. The number of nitrogens with one attached hydrogen (secondary N) is 1. The van der Waals surface area contributed by atoms with Gasteiger partial charge in [-0.3, -0.25) is 14.5 Å². The van der Waals surface area contributed by atoms with Crippen LogP contribution in [-0.2, 0) is 6.54 Å². The summed E-state index contributed by atoms with van der Waals surface area (Å²) in [5.74, 6) is 0.768. The van der Waals surface area contributed by atoms with E-state index in [9.17, 15) is 9.59 Å². The zero-order valence-electron chi connectivity index (χ0n) is 15.8. The highest BCUT2D eigenvalue weighted by atomic mass is 16.5. The third kappa shape index (κ3) is 3.77. The van der Waals surface area contributed by atoms with E-state index in [1.54, 1.807) is 19.4 Å². The van der Waals surface area contributed by atoms with Gasteiger partial charge in [-0.15, -0.1) is 0 Å². The molecule has 2 aromatic heterocycles. The first-order chi connectivity index (χ1) is 13.6. The lowest BCUT2D eigenvalue weighted by Crippen LogP contribution is -2.49. The Hall–Kier alpha value is -3.13. The van der Waals surface area contributed by atoms with Crippen molar-refractivity contribution in [1.82, 2.24) is 24.6 Å². The molecule has 1 aliphatic heterocycles. The number of fused-ring (bicyclic) bond motifs is 1. The van der Waals surface area contributed by atoms with Gasteiger partial charge in [-0.05, 0) is 24.3 Å². The van der Waals surface area contributed by atoms with Gasteiger partial charge in [0, 0.05) is 62.0 Å². The van der Waals surface area contributed by atoms with Crippen LogP contribution in [0.2, 0.25) is 0 Å². The minimum absolute atomic E-state index is 0.00997. The Morgan fingerprint density at radius 2 is 1.96 bits per heavy atom. The molecule has 0 aliphatic carbocycles. The highest BCUT2D eigenvalue weighted by Crippen LogP contribution is 2.22. The van der Waals surface area contributed by atoms with E-state index >= 15 is 0 Å². The highest BCUT2D eigenvalue weighted by molar-refractivity contribution is 5.98. The van der Waals surface area contributed by atoms with Crippen molar-refractivity contribution in [3.63, 3.8) is 0 Å². The van der Waals surface area contributed by atoms with E-state index in [4.69, 9.17) is 4.74 Å². The van der Waals surface area contributed by atoms with Gasteiger partial charge in [0.1, 0.15) is 11.4 Å². The number of rotatable bonds is 5. The number of aromatic amines is 1. The molecule has 0 spiro atoms. The van der Waals surface area contributed by atoms with Gasteiger partial charge in [-0.1, -0.05) is 0 Å². The SMILES string of the molecule is COc1ccc2cc(C(=O)N3CCN(CCn4ncccc4=O)CC3)[nH]c2c1. The molecule has 1 saturated heterocycles. The Kier molecular flexibility index (Phi) is 5.12. The van der Waals surface area contributed by atoms with Crippen molar-refractivity contribution >= 4 is 16.8 Å². The number of hydrogen-bond donors (Lipinski definition) is 1. The Morgan fingerprint density at radius 1 is 1.14 bits per heavy atom. The van der Waals surface area contributed by atoms with Crippen molar-refractivity contribution in [3.05, 3.63) is 58.6 Å². The second-order valence-electron chi connectivity index (χ2n) is 6.86. The number of benzene rings is 1. The van der Waals surface area contributed by atoms with Crippen molar-refractivity contribution in [2.24, 2.45) is 0 Å². The lowest BCUT2D eigenvalue weighted by Gasteiger charge is -2.34. The summed E-state index contributed by atoms with van der Waals surface area (Å²) in [5.41, 5.74) is 1.39. The molecule has 1 aromatic carbocycles. The molecule has 28 heavy (non-hydrogen) atoms. The van der Waals surface area contributed by atoms with Gasteiger partial charge in [0.25, 0.3) is 11.5 Å². The monoisotopic (exact) mass is 381 g/mol. The molecule has 0 saturated carbocycles. The molecular formula is C20H23N5O3. The first kappa shape index (κ1) is 18.2. The number of hydrogen-bond acceptors (Lipinski definition) is 5. The van der Waals surface area contributed by atoms with E-state index in [0.717, 1.165) is 36.3 Å². The van der Waals surface area contributed by atoms with Crippen molar-refractivity contribution in [2.75, 3.05) is 39.8 Å². The molecule has 146 valence electrons. The molecule has 4 rings (SSSR count). The van der Waals surface area contributed by atoms with Crippen molar-refractivity contribution in [1.29, 1.82) is 0 Å². The van der Waals surface area contributed by atoms with Crippen LogP contribution in [0, 0.1) is 0 Å². The molecule has 3 aromatic rings. The Labute approximate surface area is 162 Å². The molecule has 0 atom stereocenters. The third-order valence-electron chi connectivity index (χ3n) is 5.13. The number of amides is 1. The van der Waals surface area contributed by atoms with Crippen LogP contribution in [0.25, 0.3) is 10.9 Å². The number of carbonyl (C=O) groups excluding carboxylic acids is 1. The fraction of sp³-hybridized carbons (Fsp3) is 0.350.